The summed E-state index contributed by atoms with van der Waals surface area (Å²) in [6, 6.07) is 9.04. The predicted octanol–water partition coefficient (Wildman–Crippen LogP) is 4.59. The quantitative estimate of drug-likeness (QED) is 0.427. The van der Waals surface area contributed by atoms with Gasteiger partial charge in [0.1, 0.15) is 22.9 Å². The average Bonchev–Trinajstić information content (AvgIpc) is 3.35. The summed E-state index contributed by atoms with van der Waals surface area (Å²) in [6.07, 6.45) is 3.45. The molecule has 3 aromatic heterocycles. The normalized spacial score (nSPS) is 15.3. The smallest absolute Gasteiger partial charge is 0.309 e. The lowest BCUT2D eigenvalue weighted by molar-refractivity contribution is -0.142. The highest BCUT2D eigenvalue weighted by atomic mass is 32.1. The molecule has 1 aromatic carbocycles. The molecule has 0 amide bonds. The SMILES string of the molecule is CCC(C(=O)O)[C@@H]1N=C(c2ccc(-c3cncc(C#N)n3)cc2)c2c(sc(C)c2C)-n2c(C)nnc21. The second-order valence-corrected chi connectivity index (χ2v) is 9.86. The van der Waals surface area contributed by atoms with Crippen LogP contribution in [0.4, 0.5) is 0 Å². The van der Waals surface area contributed by atoms with Gasteiger partial charge in [0.15, 0.2) is 11.5 Å². The predicted molar refractivity (Wildman–Crippen MR) is 135 cm³/mol. The van der Waals surface area contributed by atoms with E-state index in [9.17, 15) is 9.90 Å². The number of hydrogen-bond acceptors (Lipinski definition) is 8. The average molecular weight is 498 g/mol. The van der Waals surface area contributed by atoms with Crippen LogP contribution >= 0.6 is 11.3 Å². The molecular formula is C26H23N7O2S. The maximum atomic E-state index is 12.2. The maximum Gasteiger partial charge on any atom is 0.309 e. The van der Waals surface area contributed by atoms with Crippen LogP contribution in [0.5, 0.6) is 0 Å². The number of benzene rings is 1. The van der Waals surface area contributed by atoms with E-state index in [0.717, 1.165) is 37.8 Å². The first-order valence-corrected chi connectivity index (χ1v) is 12.3. The highest BCUT2D eigenvalue weighted by molar-refractivity contribution is 7.15. The molecule has 1 N–H and O–H groups in total. The summed E-state index contributed by atoms with van der Waals surface area (Å²) in [5.41, 5.74) is 5.30. The summed E-state index contributed by atoms with van der Waals surface area (Å²) < 4.78 is 1.96. The number of aliphatic carboxylic acids is 1. The highest BCUT2D eigenvalue weighted by Gasteiger charge is 2.37. The van der Waals surface area contributed by atoms with E-state index >= 15 is 0 Å². The lowest BCUT2D eigenvalue weighted by Crippen LogP contribution is -2.23. The van der Waals surface area contributed by atoms with Crippen molar-refractivity contribution in [2.75, 3.05) is 0 Å². The van der Waals surface area contributed by atoms with Crippen LogP contribution in [0, 0.1) is 38.0 Å². The Morgan fingerprint density at radius 3 is 2.56 bits per heavy atom. The van der Waals surface area contributed by atoms with E-state index in [1.807, 2.05) is 48.7 Å². The Balaban J connectivity index is 1.71. The molecule has 5 rings (SSSR count). The number of hydrogen-bond donors (Lipinski definition) is 1. The largest absolute Gasteiger partial charge is 0.481 e. The Hall–Kier alpha value is -4.23. The fraction of sp³-hybridized carbons (Fsp3) is 0.269. The zero-order chi connectivity index (χ0) is 25.6. The lowest BCUT2D eigenvalue weighted by atomic mass is 9.95. The molecule has 36 heavy (non-hydrogen) atoms. The Kier molecular flexibility index (Phi) is 5.94. The molecule has 1 unspecified atom stereocenters. The summed E-state index contributed by atoms with van der Waals surface area (Å²) in [6.45, 7) is 7.85. The van der Waals surface area contributed by atoms with Crippen molar-refractivity contribution in [3.05, 3.63) is 75.6 Å². The molecule has 180 valence electrons. The fourth-order valence-corrected chi connectivity index (χ4v) is 5.72. The molecule has 9 nitrogen and oxygen atoms in total. The number of carboxylic acids is 1. The van der Waals surface area contributed by atoms with Crippen LogP contribution in [0.15, 0.2) is 41.7 Å². The van der Waals surface area contributed by atoms with Gasteiger partial charge in [-0.15, -0.1) is 21.5 Å². The summed E-state index contributed by atoms with van der Waals surface area (Å²) >= 11 is 1.63. The van der Waals surface area contributed by atoms with Crippen LogP contribution in [0.25, 0.3) is 16.3 Å². The van der Waals surface area contributed by atoms with E-state index in [0.29, 0.717) is 23.8 Å². The molecule has 4 aromatic rings. The number of carbonyl (C=O) groups is 1. The minimum absolute atomic E-state index is 0.249. The van der Waals surface area contributed by atoms with Crippen molar-refractivity contribution < 1.29 is 9.90 Å². The van der Waals surface area contributed by atoms with Crippen molar-refractivity contribution in [1.82, 2.24) is 24.7 Å². The molecule has 4 heterocycles. The van der Waals surface area contributed by atoms with Crippen molar-refractivity contribution in [1.29, 1.82) is 5.26 Å². The number of nitrogens with zero attached hydrogens (tertiary/aromatic N) is 7. The molecule has 0 spiro atoms. The number of nitriles is 1. The molecule has 0 saturated carbocycles. The highest BCUT2D eigenvalue weighted by Crippen LogP contribution is 2.41. The van der Waals surface area contributed by atoms with Gasteiger partial charge in [-0.3, -0.25) is 19.3 Å². The number of aromatic nitrogens is 5. The molecule has 2 atom stereocenters. The van der Waals surface area contributed by atoms with E-state index in [1.165, 1.54) is 6.20 Å². The summed E-state index contributed by atoms with van der Waals surface area (Å²) in [5, 5.41) is 28.8. The van der Waals surface area contributed by atoms with Gasteiger partial charge in [-0.1, -0.05) is 31.2 Å². The van der Waals surface area contributed by atoms with Gasteiger partial charge >= 0.3 is 5.97 Å². The first-order valence-electron chi connectivity index (χ1n) is 11.5. The summed E-state index contributed by atoms with van der Waals surface area (Å²) in [7, 11) is 0. The first-order chi connectivity index (χ1) is 17.3. The van der Waals surface area contributed by atoms with Gasteiger partial charge in [0.2, 0.25) is 0 Å². The minimum atomic E-state index is -0.915. The number of rotatable bonds is 5. The van der Waals surface area contributed by atoms with E-state index in [1.54, 1.807) is 17.5 Å². The van der Waals surface area contributed by atoms with Gasteiger partial charge in [-0.25, -0.2) is 4.98 Å². The summed E-state index contributed by atoms with van der Waals surface area (Å²) in [5.74, 6) is -0.428. The monoisotopic (exact) mass is 497 g/mol. The third-order valence-electron chi connectivity index (χ3n) is 6.53. The number of thiophene rings is 1. The van der Waals surface area contributed by atoms with Crippen molar-refractivity contribution in [2.24, 2.45) is 10.9 Å². The number of aliphatic imine (C=N–C) groups is 1. The third-order valence-corrected chi connectivity index (χ3v) is 7.72. The van der Waals surface area contributed by atoms with E-state index in [2.05, 4.69) is 34.0 Å². The topological polar surface area (TPSA) is 130 Å². The Labute approximate surface area is 211 Å². The Morgan fingerprint density at radius 2 is 1.89 bits per heavy atom. The molecule has 0 aliphatic carbocycles. The third kappa shape index (κ3) is 3.78. The second kappa shape index (κ2) is 9.09. The van der Waals surface area contributed by atoms with Crippen LogP contribution in [0.1, 0.15) is 58.3 Å². The standard InChI is InChI=1S/C26H23N7O2S/c1-5-19(26(34)35)23-24-32-31-15(4)33(24)25-21(13(2)14(3)36-25)22(30-23)17-8-6-16(7-9-17)20-12-28-11-18(10-27)29-20/h6-9,11-12,19,23H,5H2,1-4H3,(H,34,35)/t19?,23-/m0/s1. The van der Waals surface area contributed by atoms with Crippen molar-refractivity contribution in [3.63, 3.8) is 0 Å². The minimum Gasteiger partial charge on any atom is -0.481 e. The molecule has 1 aliphatic heterocycles. The van der Waals surface area contributed by atoms with Crippen molar-refractivity contribution >= 4 is 23.0 Å². The van der Waals surface area contributed by atoms with Gasteiger partial charge in [-0.2, -0.15) is 5.26 Å². The zero-order valence-corrected chi connectivity index (χ0v) is 21.0. The number of carboxylic acid groups (broad SMARTS) is 1. The van der Waals surface area contributed by atoms with E-state index < -0.39 is 17.9 Å². The fourth-order valence-electron chi connectivity index (χ4n) is 4.51. The lowest BCUT2D eigenvalue weighted by Gasteiger charge is -2.18. The summed E-state index contributed by atoms with van der Waals surface area (Å²) in [4.78, 5) is 26.9. The van der Waals surface area contributed by atoms with Gasteiger partial charge in [0.05, 0.1) is 29.7 Å². The Morgan fingerprint density at radius 1 is 1.17 bits per heavy atom. The van der Waals surface area contributed by atoms with Gasteiger partial charge < -0.3 is 5.11 Å². The van der Waals surface area contributed by atoms with Gasteiger partial charge in [0.25, 0.3) is 0 Å². The van der Waals surface area contributed by atoms with Gasteiger partial charge in [0, 0.05) is 21.6 Å². The zero-order valence-electron chi connectivity index (χ0n) is 20.2. The van der Waals surface area contributed by atoms with Crippen LogP contribution in [-0.4, -0.2) is 41.5 Å². The van der Waals surface area contributed by atoms with Gasteiger partial charge in [-0.05, 0) is 32.8 Å². The number of fused-ring (bicyclic) bond motifs is 3. The van der Waals surface area contributed by atoms with E-state index in [4.69, 9.17) is 10.3 Å². The Bertz CT molecular complexity index is 1560. The molecule has 10 heteroatoms. The molecule has 0 saturated heterocycles. The molecule has 0 fully saturated rings. The van der Waals surface area contributed by atoms with Crippen molar-refractivity contribution in [3.8, 4) is 22.3 Å². The van der Waals surface area contributed by atoms with Crippen LogP contribution < -0.4 is 0 Å². The first kappa shape index (κ1) is 23.5. The molecule has 0 radical (unpaired) electrons. The van der Waals surface area contributed by atoms with Crippen LogP contribution in [0.2, 0.25) is 0 Å². The number of aryl methyl sites for hydroxylation is 2. The molecule has 1 aliphatic rings. The molecule has 0 bridgehead atoms. The van der Waals surface area contributed by atoms with Crippen molar-refractivity contribution in [2.45, 2.75) is 40.2 Å². The van der Waals surface area contributed by atoms with Crippen LogP contribution in [-0.2, 0) is 4.79 Å². The maximum absolute atomic E-state index is 12.2. The van der Waals surface area contributed by atoms with E-state index in [-0.39, 0.29) is 5.69 Å². The second-order valence-electron chi connectivity index (χ2n) is 8.66. The molecular weight excluding hydrogens is 474 g/mol. The van der Waals surface area contributed by atoms with Crippen LogP contribution in [0.3, 0.4) is 0 Å².